The Morgan fingerprint density at radius 3 is 2.37 bits per heavy atom. The minimum atomic E-state index is -0.218. The number of hydrogen-bond donors (Lipinski definition) is 1. The standard InChI is InChI=1S/C21H25N5O/c22-20-17-11-25(12-18(17)20)19-5-6-26(21(27)23-19)16-3-1-13(2-4-16)8-24-9-14-7-15(14)10-24/h1-6,14-15,17-18,20H,7-12,22H2. The number of nitrogens with two attached hydrogens (primary N) is 1. The Labute approximate surface area is 158 Å². The van der Waals surface area contributed by atoms with Gasteiger partial charge in [-0.15, -0.1) is 0 Å². The molecule has 0 amide bonds. The molecular formula is C21H25N5O. The lowest BCUT2D eigenvalue weighted by Crippen LogP contribution is -2.31. The summed E-state index contributed by atoms with van der Waals surface area (Å²) in [5.41, 5.74) is 7.96. The highest BCUT2D eigenvalue weighted by molar-refractivity contribution is 5.43. The van der Waals surface area contributed by atoms with Crippen LogP contribution in [0.4, 0.5) is 5.82 Å². The van der Waals surface area contributed by atoms with E-state index in [9.17, 15) is 4.79 Å². The SMILES string of the molecule is NC1C2CN(c3ccn(-c4ccc(CN5CC6CC6C5)cc4)c(=O)n3)CC12. The van der Waals surface area contributed by atoms with Crippen molar-refractivity contribution in [3.05, 3.63) is 52.6 Å². The predicted octanol–water partition coefficient (Wildman–Crippen LogP) is 1.08. The fraction of sp³-hybridized carbons (Fsp3) is 0.524. The summed E-state index contributed by atoms with van der Waals surface area (Å²) in [6.45, 7) is 5.37. The molecular weight excluding hydrogens is 338 g/mol. The number of aromatic nitrogens is 2. The van der Waals surface area contributed by atoms with Crippen molar-refractivity contribution in [2.45, 2.75) is 19.0 Å². The Hall–Kier alpha value is -2.18. The Kier molecular flexibility index (Phi) is 3.32. The first-order valence-electron chi connectivity index (χ1n) is 10.1. The highest BCUT2D eigenvalue weighted by Gasteiger charge is 2.53. The number of hydrogen-bond acceptors (Lipinski definition) is 5. The van der Waals surface area contributed by atoms with Crippen molar-refractivity contribution < 1.29 is 0 Å². The number of piperidine rings is 2. The molecule has 0 radical (unpaired) electrons. The Morgan fingerprint density at radius 1 is 1.00 bits per heavy atom. The first kappa shape index (κ1) is 15.8. The number of benzene rings is 1. The van der Waals surface area contributed by atoms with Gasteiger partial charge in [0.1, 0.15) is 5.82 Å². The molecule has 1 aromatic carbocycles. The van der Waals surface area contributed by atoms with Gasteiger partial charge in [0.05, 0.1) is 5.69 Å². The van der Waals surface area contributed by atoms with E-state index in [1.54, 1.807) is 4.57 Å². The largest absolute Gasteiger partial charge is 0.356 e. The molecule has 4 aliphatic rings. The number of fused-ring (bicyclic) bond motifs is 2. The normalized spacial score (nSPS) is 33.8. The number of anilines is 1. The van der Waals surface area contributed by atoms with Crippen LogP contribution < -0.4 is 16.3 Å². The highest BCUT2D eigenvalue weighted by Crippen LogP contribution is 2.45. The van der Waals surface area contributed by atoms with Gasteiger partial charge in [-0.25, -0.2) is 4.79 Å². The summed E-state index contributed by atoms with van der Waals surface area (Å²) >= 11 is 0. The minimum absolute atomic E-state index is 0.218. The van der Waals surface area contributed by atoms with Crippen LogP contribution in [0.5, 0.6) is 0 Å². The lowest BCUT2D eigenvalue weighted by atomic mass is 10.2. The third-order valence-electron chi connectivity index (χ3n) is 7.05. The Balaban J connectivity index is 1.16. The van der Waals surface area contributed by atoms with Crippen LogP contribution >= 0.6 is 0 Å². The molecule has 0 spiro atoms. The molecule has 140 valence electrons. The molecule has 1 aromatic heterocycles. The molecule has 2 saturated heterocycles. The van der Waals surface area contributed by atoms with Crippen LogP contribution in [-0.4, -0.2) is 46.7 Å². The fourth-order valence-electron chi connectivity index (χ4n) is 5.17. The maximum atomic E-state index is 12.6. The number of rotatable bonds is 4. The third-order valence-corrected chi connectivity index (χ3v) is 7.05. The van der Waals surface area contributed by atoms with E-state index in [0.29, 0.717) is 17.9 Å². The van der Waals surface area contributed by atoms with E-state index in [2.05, 4.69) is 26.9 Å². The second-order valence-corrected chi connectivity index (χ2v) is 8.86. The van der Waals surface area contributed by atoms with Gasteiger partial charge < -0.3 is 10.6 Å². The molecule has 4 unspecified atom stereocenters. The number of nitrogens with zero attached hydrogens (tertiary/aromatic N) is 4. The smallest absolute Gasteiger partial charge is 0.354 e. The maximum Gasteiger partial charge on any atom is 0.354 e. The average Bonchev–Trinajstić information content (AvgIpc) is 3.39. The first-order valence-corrected chi connectivity index (χ1v) is 10.1. The van der Waals surface area contributed by atoms with E-state index in [1.807, 2.05) is 24.4 Å². The van der Waals surface area contributed by atoms with Crippen molar-refractivity contribution in [2.24, 2.45) is 29.4 Å². The van der Waals surface area contributed by atoms with E-state index in [4.69, 9.17) is 5.73 Å². The Morgan fingerprint density at radius 2 is 1.70 bits per heavy atom. The van der Waals surface area contributed by atoms with Crippen molar-refractivity contribution in [1.82, 2.24) is 14.5 Å². The molecule has 27 heavy (non-hydrogen) atoms. The minimum Gasteiger partial charge on any atom is -0.356 e. The zero-order chi connectivity index (χ0) is 18.1. The molecule has 2 saturated carbocycles. The molecule has 6 rings (SSSR count). The predicted molar refractivity (Wildman–Crippen MR) is 104 cm³/mol. The molecule has 4 fully saturated rings. The van der Waals surface area contributed by atoms with E-state index in [-0.39, 0.29) is 5.69 Å². The third kappa shape index (κ3) is 2.70. The summed E-state index contributed by atoms with van der Waals surface area (Å²) in [5.74, 6) is 3.88. The molecule has 2 aliphatic heterocycles. The molecule has 0 bridgehead atoms. The van der Waals surface area contributed by atoms with Crippen molar-refractivity contribution in [2.75, 3.05) is 31.1 Å². The number of likely N-dealkylation sites (tertiary alicyclic amines) is 1. The average molecular weight is 363 g/mol. The van der Waals surface area contributed by atoms with Crippen LogP contribution in [0.3, 0.4) is 0 Å². The second kappa shape index (κ2) is 5.66. The van der Waals surface area contributed by atoms with Crippen LogP contribution in [0.2, 0.25) is 0 Å². The first-order chi connectivity index (χ1) is 13.2. The van der Waals surface area contributed by atoms with Gasteiger partial charge in [-0.1, -0.05) is 12.1 Å². The van der Waals surface area contributed by atoms with Crippen molar-refractivity contribution in [3.63, 3.8) is 0 Å². The van der Waals surface area contributed by atoms with E-state index < -0.39 is 0 Å². The van der Waals surface area contributed by atoms with Crippen LogP contribution in [0.15, 0.2) is 41.3 Å². The van der Waals surface area contributed by atoms with Crippen LogP contribution in [0.1, 0.15) is 12.0 Å². The molecule has 3 heterocycles. The molecule has 6 heteroatoms. The van der Waals surface area contributed by atoms with E-state index in [0.717, 1.165) is 43.0 Å². The molecule has 2 N–H and O–H groups in total. The fourth-order valence-corrected chi connectivity index (χ4v) is 5.17. The van der Waals surface area contributed by atoms with Crippen LogP contribution in [0.25, 0.3) is 5.69 Å². The maximum absolute atomic E-state index is 12.6. The lowest BCUT2D eigenvalue weighted by molar-refractivity contribution is 0.297. The van der Waals surface area contributed by atoms with E-state index >= 15 is 0 Å². The van der Waals surface area contributed by atoms with Gasteiger partial charge in [0.25, 0.3) is 0 Å². The van der Waals surface area contributed by atoms with Gasteiger partial charge in [0.2, 0.25) is 0 Å². The monoisotopic (exact) mass is 363 g/mol. The van der Waals surface area contributed by atoms with Crippen LogP contribution in [0, 0.1) is 23.7 Å². The van der Waals surface area contributed by atoms with Gasteiger partial charge in [-0.3, -0.25) is 9.47 Å². The van der Waals surface area contributed by atoms with Crippen LogP contribution in [-0.2, 0) is 6.54 Å². The second-order valence-electron chi connectivity index (χ2n) is 8.86. The summed E-state index contributed by atoms with van der Waals surface area (Å²) in [4.78, 5) is 21.6. The van der Waals surface area contributed by atoms with Gasteiger partial charge in [-0.05, 0) is 53.9 Å². The van der Waals surface area contributed by atoms with Gasteiger partial charge in [0, 0.05) is 45.0 Å². The topological polar surface area (TPSA) is 67.4 Å². The Bertz CT molecular complexity index is 916. The summed E-state index contributed by atoms with van der Waals surface area (Å²) < 4.78 is 1.63. The van der Waals surface area contributed by atoms with Gasteiger partial charge >= 0.3 is 5.69 Å². The zero-order valence-electron chi connectivity index (χ0n) is 15.4. The molecule has 2 aliphatic carbocycles. The summed E-state index contributed by atoms with van der Waals surface area (Å²) in [5, 5.41) is 0. The van der Waals surface area contributed by atoms with E-state index in [1.165, 1.54) is 25.1 Å². The van der Waals surface area contributed by atoms with Crippen molar-refractivity contribution in [3.8, 4) is 5.69 Å². The molecule has 2 aromatic rings. The zero-order valence-corrected chi connectivity index (χ0v) is 15.4. The van der Waals surface area contributed by atoms with Crippen molar-refractivity contribution in [1.29, 1.82) is 0 Å². The summed E-state index contributed by atoms with van der Waals surface area (Å²) in [7, 11) is 0. The lowest BCUT2D eigenvalue weighted by Gasteiger charge is -2.20. The van der Waals surface area contributed by atoms with Crippen molar-refractivity contribution >= 4 is 5.82 Å². The van der Waals surface area contributed by atoms with Gasteiger partial charge in [0.15, 0.2) is 0 Å². The summed E-state index contributed by atoms with van der Waals surface area (Å²) in [6.07, 6.45) is 3.28. The quantitative estimate of drug-likeness (QED) is 0.880. The van der Waals surface area contributed by atoms with Gasteiger partial charge in [-0.2, -0.15) is 4.98 Å². The molecule has 4 atom stereocenters. The highest BCUT2D eigenvalue weighted by atomic mass is 16.1. The summed E-state index contributed by atoms with van der Waals surface area (Å²) in [6, 6.07) is 10.6. The molecule has 6 nitrogen and oxygen atoms in total.